The van der Waals surface area contributed by atoms with Crippen molar-refractivity contribution >= 4 is 0 Å². The van der Waals surface area contributed by atoms with Gasteiger partial charge in [-0.15, -0.1) is 0 Å². The molecular formula is C15H26. The second kappa shape index (κ2) is 5.72. The molecule has 0 aromatic heterocycles. The smallest absolute Gasteiger partial charge is 0.0233 e. The Hall–Kier alpha value is -0.260. The van der Waals surface area contributed by atoms with Crippen molar-refractivity contribution < 1.29 is 0 Å². The lowest BCUT2D eigenvalue weighted by Crippen LogP contribution is -2.23. The summed E-state index contributed by atoms with van der Waals surface area (Å²) in [7, 11) is 0. The minimum Gasteiger partial charge on any atom is -0.0914 e. The van der Waals surface area contributed by atoms with Crippen LogP contribution in [0.25, 0.3) is 0 Å². The summed E-state index contributed by atoms with van der Waals surface area (Å²) in [5.41, 5.74) is 0. The molecule has 0 spiro atoms. The van der Waals surface area contributed by atoms with Crippen molar-refractivity contribution in [1.29, 1.82) is 0 Å². The number of rotatable bonds is 2. The molecule has 2 aliphatic rings. The van der Waals surface area contributed by atoms with Gasteiger partial charge in [0.1, 0.15) is 0 Å². The Labute approximate surface area is 95.1 Å². The quantitative estimate of drug-likeness (QED) is 0.561. The molecule has 0 aromatic carbocycles. The molecule has 0 unspecified atom stereocenters. The van der Waals surface area contributed by atoms with Crippen LogP contribution in [0.3, 0.4) is 0 Å². The summed E-state index contributed by atoms with van der Waals surface area (Å²) in [6.45, 7) is 2.16. The Kier molecular flexibility index (Phi) is 4.29. The number of allylic oxidation sites excluding steroid dienone is 2. The van der Waals surface area contributed by atoms with Gasteiger partial charge in [0.15, 0.2) is 0 Å². The van der Waals surface area contributed by atoms with Gasteiger partial charge in [0.2, 0.25) is 0 Å². The van der Waals surface area contributed by atoms with Crippen molar-refractivity contribution in [2.75, 3.05) is 0 Å². The van der Waals surface area contributed by atoms with E-state index in [1.54, 1.807) is 12.8 Å². The Morgan fingerprint density at radius 2 is 1.33 bits per heavy atom. The summed E-state index contributed by atoms with van der Waals surface area (Å²) in [5.74, 6) is 3.10. The molecule has 2 fully saturated rings. The first-order valence-corrected chi connectivity index (χ1v) is 7.03. The van der Waals surface area contributed by atoms with Crippen molar-refractivity contribution in [1.82, 2.24) is 0 Å². The molecule has 2 aliphatic carbocycles. The molecule has 0 aliphatic heterocycles. The van der Waals surface area contributed by atoms with E-state index in [0.717, 1.165) is 17.8 Å². The third-order valence-electron chi connectivity index (χ3n) is 4.60. The predicted octanol–water partition coefficient (Wildman–Crippen LogP) is 4.95. The highest BCUT2D eigenvalue weighted by atomic mass is 14.3. The first kappa shape index (κ1) is 11.2. The van der Waals surface area contributed by atoms with Gasteiger partial charge in [0.05, 0.1) is 0 Å². The van der Waals surface area contributed by atoms with Crippen LogP contribution in [0, 0.1) is 17.8 Å². The van der Waals surface area contributed by atoms with E-state index in [4.69, 9.17) is 0 Å². The molecule has 0 nitrogen and oxygen atoms in total. The van der Waals surface area contributed by atoms with Gasteiger partial charge in [0, 0.05) is 0 Å². The summed E-state index contributed by atoms with van der Waals surface area (Å²) >= 11 is 0. The molecule has 0 saturated heterocycles. The maximum Gasteiger partial charge on any atom is -0.0233 e. The number of hydrogen-bond acceptors (Lipinski definition) is 0. The van der Waals surface area contributed by atoms with Gasteiger partial charge in [-0.25, -0.2) is 0 Å². The second-order valence-electron chi connectivity index (χ2n) is 5.60. The van der Waals surface area contributed by atoms with E-state index in [9.17, 15) is 0 Å². The predicted molar refractivity (Wildman–Crippen MR) is 66.8 cm³/mol. The van der Waals surface area contributed by atoms with Crippen molar-refractivity contribution in [3.05, 3.63) is 12.2 Å². The van der Waals surface area contributed by atoms with Crippen LogP contribution in [0.5, 0.6) is 0 Å². The first-order valence-electron chi connectivity index (χ1n) is 7.03. The van der Waals surface area contributed by atoms with Crippen LogP contribution in [0.15, 0.2) is 12.2 Å². The summed E-state index contributed by atoms with van der Waals surface area (Å²) < 4.78 is 0. The standard InChI is InChI=1S/C15H26/c1-2-6-13-9-11-15(12-10-13)14-7-4-3-5-8-14/h2,6,13-15H,3-5,7-12H2,1H3/b6-2+. The highest BCUT2D eigenvalue weighted by molar-refractivity contribution is 4.90. The average molecular weight is 206 g/mol. The highest BCUT2D eigenvalue weighted by Crippen LogP contribution is 2.40. The summed E-state index contributed by atoms with van der Waals surface area (Å²) in [5, 5.41) is 0. The molecule has 2 rings (SSSR count). The lowest BCUT2D eigenvalue weighted by molar-refractivity contribution is 0.180. The Bertz CT molecular complexity index is 190. The van der Waals surface area contributed by atoms with Crippen LogP contribution in [0.1, 0.15) is 64.7 Å². The van der Waals surface area contributed by atoms with Crippen LogP contribution in [0.4, 0.5) is 0 Å². The third kappa shape index (κ3) is 3.09. The van der Waals surface area contributed by atoms with Crippen LogP contribution in [-0.2, 0) is 0 Å². The molecule has 86 valence electrons. The Morgan fingerprint density at radius 3 is 1.93 bits per heavy atom. The van der Waals surface area contributed by atoms with Gasteiger partial charge in [-0.1, -0.05) is 44.3 Å². The molecular weight excluding hydrogens is 180 g/mol. The molecule has 0 heterocycles. The summed E-state index contributed by atoms with van der Waals surface area (Å²) in [6, 6.07) is 0. The van der Waals surface area contributed by atoms with Crippen molar-refractivity contribution in [3.63, 3.8) is 0 Å². The lowest BCUT2D eigenvalue weighted by atomic mass is 9.71. The largest absolute Gasteiger partial charge is 0.0914 e. The van der Waals surface area contributed by atoms with E-state index < -0.39 is 0 Å². The molecule has 15 heavy (non-hydrogen) atoms. The lowest BCUT2D eigenvalue weighted by Gasteiger charge is -2.35. The minimum absolute atomic E-state index is 0.912. The van der Waals surface area contributed by atoms with Crippen LogP contribution >= 0.6 is 0 Å². The molecule has 0 atom stereocenters. The normalized spacial score (nSPS) is 34.7. The van der Waals surface area contributed by atoms with Crippen LogP contribution in [-0.4, -0.2) is 0 Å². The molecule has 0 amide bonds. The Morgan fingerprint density at radius 1 is 0.733 bits per heavy atom. The van der Waals surface area contributed by atoms with Gasteiger partial charge in [-0.2, -0.15) is 0 Å². The molecule has 2 saturated carbocycles. The average Bonchev–Trinajstić information content (AvgIpc) is 2.32. The summed E-state index contributed by atoms with van der Waals surface area (Å²) in [4.78, 5) is 0. The van der Waals surface area contributed by atoms with E-state index in [0.29, 0.717) is 0 Å². The van der Waals surface area contributed by atoms with E-state index in [2.05, 4.69) is 19.1 Å². The third-order valence-corrected chi connectivity index (χ3v) is 4.60. The van der Waals surface area contributed by atoms with E-state index in [-0.39, 0.29) is 0 Å². The van der Waals surface area contributed by atoms with E-state index in [1.807, 2.05) is 0 Å². The van der Waals surface area contributed by atoms with E-state index in [1.165, 1.54) is 44.9 Å². The van der Waals surface area contributed by atoms with Gasteiger partial charge < -0.3 is 0 Å². The molecule has 0 aromatic rings. The number of hydrogen-bond donors (Lipinski definition) is 0. The van der Waals surface area contributed by atoms with E-state index >= 15 is 0 Å². The fraction of sp³-hybridized carbons (Fsp3) is 0.867. The highest BCUT2D eigenvalue weighted by Gasteiger charge is 2.27. The minimum atomic E-state index is 0.912. The Balaban J connectivity index is 1.77. The van der Waals surface area contributed by atoms with Gasteiger partial charge in [-0.05, 0) is 50.4 Å². The molecule has 0 heteroatoms. The van der Waals surface area contributed by atoms with Gasteiger partial charge in [0.25, 0.3) is 0 Å². The zero-order valence-corrected chi connectivity index (χ0v) is 10.3. The maximum atomic E-state index is 2.43. The molecule has 0 radical (unpaired) electrons. The van der Waals surface area contributed by atoms with Crippen molar-refractivity contribution in [2.45, 2.75) is 64.7 Å². The fourth-order valence-corrected chi connectivity index (χ4v) is 3.69. The molecule has 0 N–H and O–H groups in total. The monoisotopic (exact) mass is 206 g/mol. The SMILES string of the molecule is C/C=C/C1CCC(C2CCCCC2)CC1. The van der Waals surface area contributed by atoms with Gasteiger partial charge in [-0.3, -0.25) is 0 Å². The second-order valence-corrected chi connectivity index (χ2v) is 5.60. The van der Waals surface area contributed by atoms with Crippen molar-refractivity contribution in [3.8, 4) is 0 Å². The fourth-order valence-electron chi connectivity index (χ4n) is 3.69. The van der Waals surface area contributed by atoms with Crippen LogP contribution in [0.2, 0.25) is 0 Å². The van der Waals surface area contributed by atoms with Gasteiger partial charge >= 0.3 is 0 Å². The maximum absolute atomic E-state index is 2.43. The van der Waals surface area contributed by atoms with Crippen molar-refractivity contribution in [2.24, 2.45) is 17.8 Å². The topological polar surface area (TPSA) is 0 Å². The summed E-state index contributed by atoms with van der Waals surface area (Å²) in [6.07, 6.45) is 18.2. The zero-order valence-electron chi connectivity index (χ0n) is 10.3. The zero-order chi connectivity index (χ0) is 10.5. The van der Waals surface area contributed by atoms with Crippen LogP contribution < -0.4 is 0 Å². The molecule has 0 bridgehead atoms. The first-order chi connectivity index (χ1) is 7.40.